The van der Waals surface area contributed by atoms with Gasteiger partial charge in [0.05, 0.1) is 12.7 Å². The zero-order chi connectivity index (χ0) is 24.1. The summed E-state index contributed by atoms with van der Waals surface area (Å²) in [6.07, 6.45) is 21.6. The summed E-state index contributed by atoms with van der Waals surface area (Å²) < 4.78 is 17.3. The van der Waals surface area contributed by atoms with E-state index in [0.717, 1.165) is 19.3 Å². The quantitative estimate of drug-likeness (QED) is 0.0914. The fraction of sp³-hybridized carbons (Fsp3) is 0.958. The topological polar surface area (TPSA) is 116 Å². The number of unbranched alkanes of at least 4 members (excludes halogenated alkanes) is 15. The normalized spacial score (nSPS) is 15.4. The molecule has 0 saturated heterocycles. The van der Waals surface area contributed by atoms with Gasteiger partial charge in [-0.25, -0.2) is 9.65 Å². The summed E-state index contributed by atoms with van der Waals surface area (Å²) in [6, 6.07) is -1.51. The van der Waals surface area contributed by atoms with Crippen molar-refractivity contribution in [3.05, 3.63) is 0 Å². The van der Waals surface area contributed by atoms with Crippen LogP contribution < -0.4 is 5.09 Å². The Bertz CT molecular complexity index is 491. The average molecular weight is 480 g/mol. The third-order valence-electron chi connectivity index (χ3n) is 5.93. The first-order valence-electron chi connectivity index (χ1n) is 13.0. The summed E-state index contributed by atoms with van der Waals surface area (Å²) in [4.78, 5) is 20.7. The Labute approximate surface area is 196 Å². The number of aliphatic carboxylic acids is 1. The highest BCUT2D eigenvalue weighted by Gasteiger charge is 2.30. The lowest BCUT2D eigenvalue weighted by Gasteiger charge is -2.22. The Balaban J connectivity index is 3.63. The first-order valence-corrected chi connectivity index (χ1v) is 14.6. The molecule has 0 aliphatic heterocycles. The van der Waals surface area contributed by atoms with Crippen LogP contribution in [0.2, 0.25) is 0 Å². The molecule has 0 aromatic carbocycles. The summed E-state index contributed by atoms with van der Waals surface area (Å²) in [6.45, 7) is 3.35. The maximum atomic E-state index is 12.1. The predicted molar refractivity (Wildman–Crippen MR) is 131 cm³/mol. The number of carboxylic acid groups (broad SMARTS) is 1. The van der Waals surface area contributed by atoms with E-state index in [-0.39, 0.29) is 0 Å². The molecule has 3 atom stereocenters. The molecule has 0 saturated carbocycles. The van der Waals surface area contributed by atoms with Crippen LogP contribution in [0, 0.1) is 0 Å². The van der Waals surface area contributed by atoms with Crippen molar-refractivity contribution in [3.8, 4) is 0 Å². The van der Waals surface area contributed by atoms with Crippen LogP contribution >= 0.6 is 7.75 Å². The van der Waals surface area contributed by atoms with E-state index in [1.165, 1.54) is 83.5 Å². The third-order valence-corrected chi connectivity index (χ3v) is 7.15. The smallest absolute Gasteiger partial charge is 0.404 e. The fourth-order valence-electron chi connectivity index (χ4n) is 3.86. The molecule has 0 aromatic heterocycles. The Hall–Kier alpha value is -0.460. The first kappa shape index (κ1) is 31.5. The van der Waals surface area contributed by atoms with Crippen molar-refractivity contribution in [1.82, 2.24) is 5.09 Å². The molecule has 0 bridgehead atoms. The highest BCUT2D eigenvalue weighted by atomic mass is 31.2. The van der Waals surface area contributed by atoms with E-state index in [1.54, 1.807) is 0 Å². The summed E-state index contributed by atoms with van der Waals surface area (Å²) in [5.41, 5.74) is 0. The average Bonchev–Trinajstić information content (AvgIpc) is 2.76. The van der Waals surface area contributed by atoms with Crippen LogP contribution in [0.1, 0.15) is 129 Å². The van der Waals surface area contributed by atoms with E-state index in [4.69, 9.17) is 14.7 Å². The Morgan fingerprint density at radius 1 is 0.812 bits per heavy atom. The zero-order valence-electron chi connectivity index (χ0n) is 20.6. The van der Waals surface area contributed by atoms with E-state index in [9.17, 15) is 14.3 Å². The van der Waals surface area contributed by atoms with Crippen LogP contribution in [0.15, 0.2) is 0 Å². The molecule has 0 rings (SSSR count). The molecule has 8 heteroatoms. The minimum absolute atomic E-state index is 0.405. The van der Waals surface area contributed by atoms with Crippen molar-refractivity contribution >= 4 is 13.7 Å². The van der Waals surface area contributed by atoms with E-state index < -0.39 is 32.5 Å². The molecular formula is C24H50NO6P. The monoisotopic (exact) mass is 479 g/mol. The van der Waals surface area contributed by atoms with Crippen LogP contribution in [-0.2, 0) is 13.9 Å². The van der Waals surface area contributed by atoms with Gasteiger partial charge in [0.25, 0.3) is 0 Å². The maximum Gasteiger partial charge on any atom is 0.404 e. The number of nitrogens with one attached hydrogen (secondary N) is 1. The lowest BCUT2D eigenvalue weighted by molar-refractivity contribution is -0.140. The predicted octanol–water partition coefficient (Wildman–Crippen LogP) is 6.57. The van der Waals surface area contributed by atoms with Crippen LogP contribution in [0.3, 0.4) is 0 Å². The molecule has 0 fully saturated rings. The van der Waals surface area contributed by atoms with Crippen LogP contribution in [-0.4, -0.2) is 39.8 Å². The van der Waals surface area contributed by atoms with E-state index in [2.05, 4.69) is 6.92 Å². The van der Waals surface area contributed by atoms with Crippen molar-refractivity contribution in [2.24, 2.45) is 0 Å². The van der Waals surface area contributed by atoms with Crippen LogP contribution in [0.4, 0.5) is 0 Å². The fourth-order valence-corrected chi connectivity index (χ4v) is 5.16. The second-order valence-electron chi connectivity index (χ2n) is 8.95. The third kappa shape index (κ3) is 19.0. The summed E-state index contributed by atoms with van der Waals surface area (Å²) >= 11 is 0. The van der Waals surface area contributed by atoms with Gasteiger partial charge in [-0.2, -0.15) is 0 Å². The van der Waals surface area contributed by atoms with Crippen molar-refractivity contribution < 1.29 is 29.0 Å². The van der Waals surface area contributed by atoms with Gasteiger partial charge in [0.2, 0.25) is 0 Å². The highest BCUT2D eigenvalue weighted by molar-refractivity contribution is 7.50. The first-order chi connectivity index (χ1) is 15.4. The second kappa shape index (κ2) is 21.1. The Morgan fingerprint density at radius 2 is 1.22 bits per heavy atom. The molecule has 0 spiro atoms. The molecule has 2 unspecified atom stereocenters. The molecule has 7 nitrogen and oxygen atoms in total. The standard InChI is InChI=1S/C24H50NO6P/c1-3-5-6-7-8-9-10-11-12-13-14-15-16-17-18-19-20-22(4-2)31-32(29,30)25-23(21-26)24(27)28/h22-23,26H,3-21H2,1-2H3,(H,27,28)(H2,25,29,30)/t22?,23-/m0/s1. The van der Waals surface area contributed by atoms with Gasteiger partial charge in [0.1, 0.15) is 6.04 Å². The zero-order valence-corrected chi connectivity index (χ0v) is 21.5. The SMILES string of the molecule is CCCCCCCCCCCCCCCCCCC(CC)OP(=O)(O)N[C@@H](CO)C(=O)O. The molecule has 0 radical (unpaired) electrons. The molecule has 0 aliphatic carbocycles. The van der Waals surface area contributed by atoms with Gasteiger partial charge in [-0.1, -0.05) is 117 Å². The number of hydrogen-bond acceptors (Lipinski definition) is 4. The molecule has 32 heavy (non-hydrogen) atoms. The van der Waals surface area contributed by atoms with Gasteiger partial charge < -0.3 is 15.1 Å². The van der Waals surface area contributed by atoms with Crippen LogP contribution in [0.25, 0.3) is 0 Å². The highest BCUT2D eigenvalue weighted by Crippen LogP contribution is 2.40. The lowest BCUT2D eigenvalue weighted by atomic mass is 10.0. The summed E-state index contributed by atoms with van der Waals surface area (Å²) in [7, 11) is -4.27. The maximum absolute atomic E-state index is 12.1. The van der Waals surface area contributed by atoms with Gasteiger partial charge in [-0.05, 0) is 12.8 Å². The van der Waals surface area contributed by atoms with Gasteiger partial charge in [0, 0.05) is 0 Å². The second-order valence-corrected chi connectivity index (χ2v) is 10.5. The minimum Gasteiger partial charge on any atom is -0.480 e. The van der Waals surface area contributed by atoms with E-state index >= 15 is 0 Å². The van der Waals surface area contributed by atoms with Crippen molar-refractivity contribution in [3.63, 3.8) is 0 Å². The molecule has 0 aromatic rings. The van der Waals surface area contributed by atoms with Gasteiger partial charge >= 0.3 is 13.7 Å². The van der Waals surface area contributed by atoms with Gasteiger partial charge in [-0.3, -0.25) is 9.32 Å². The minimum atomic E-state index is -4.27. The Kier molecular flexibility index (Phi) is 20.8. The van der Waals surface area contributed by atoms with Gasteiger partial charge in [0.15, 0.2) is 0 Å². The number of carboxylic acids is 1. The molecular weight excluding hydrogens is 429 g/mol. The number of aliphatic hydroxyl groups excluding tert-OH is 1. The van der Waals surface area contributed by atoms with Crippen molar-refractivity contribution in [2.45, 2.75) is 142 Å². The summed E-state index contributed by atoms with van der Waals surface area (Å²) in [5.74, 6) is -1.39. The largest absolute Gasteiger partial charge is 0.480 e. The molecule has 4 N–H and O–H groups in total. The number of carbonyl (C=O) groups is 1. The number of hydrogen-bond donors (Lipinski definition) is 4. The summed E-state index contributed by atoms with van der Waals surface area (Å²) in [5, 5.41) is 19.9. The van der Waals surface area contributed by atoms with Crippen LogP contribution in [0.5, 0.6) is 0 Å². The van der Waals surface area contributed by atoms with E-state index in [0.29, 0.717) is 12.8 Å². The molecule has 0 amide bonds. The number of rotatable bonds is 24. The molecule has 0 aliphatic rings. The Morgan fingerprint density at radius 3 is 1.56 bits per heavy atom. The van der Waals surface area contributed by atoms with Crippen molar-refractivity contribution in [1.29, 1.82) is 0 Å². The van der Waals surface area contributed by atoms with Gasteiger partial charge in [-0.15, -0.1) is 0 Å². The van der Waals surface area contributed by atoms with Crippen molar-refractivity contribution in [2.75, 3.05) is 6.61 Å². The molecule has 0 heterocycles. The molecule has 192 valence electrons. The lowest BCUT2D eigenvalue weighted by Crippen LogP contribution is -2.38. The van der Waals surface area contributed by atoms with E-state index in [1.807, 2.05) is 12.0 Å². The number of aliphatic hydroxyl groups is 1.